The number of hydrogen-bond acceptors (Lipinski definition) is 4. The van der Waals surface area contributed by atoms with Gasteiger partial charge >= 0.3 is 0 Å². The number of nitrogens with one attached hydrogen (secondary N) is 1. The number of aromatic nitrogens is 1. The Labute approximate surface area is 133 Å². The average Bonchev–Trinajstić information content (AvgIpc) is 2.76. The van der Waals surface area contributed by atoms with Gasteiger partial charge in [-0.2, -0.15) is 0 Å². The molecule has 0 radical (unpaired) electrons. The van der Waals surface area contributed by atoms with E-state index >= 15 is 0 Å². The van der Waals surface area contributed by atoms with Gasteiger partial charge < -0.3 is 10.2 Å². The highest BCUT2D eigenvalue weighted by molar-refractivity contribution is 7.09. The monoisotopic (exact) mass is 325 g/mol. The van der Waals surface area contributed by atoms with Gasteiger partial charge in [-0.05, 0) is 0 Å². The van der Waals surface area contributed by atoms with E-state index in [9.17, 15) is 0 Å². The molecule has 1 saturated heterocycles. The summed E-state index contributed by atoms with van der Waals surface area (Å²) in [6.07, 6.45) is 1.10. The van der Waals surface area contributed by atoms with Crippen molar-refractivity contribution in [2.24, 2.45) is 0 Å². The standard InChI is InChI=1S/C13H23N3S.2ClH/c1-13(2,3)11-10-17-12(15-11)4-7-16-8-5-14-6-9-16;;/h10,14H,4-9H2,1-3H3;2*1H. The van der Waals surface area contributed by atoms with E-state index in [1.54, 1.807) is 0 Å². The molecule has 19 heavy (non-hydrogen) atoms. The van der Waals surface area contributed by atoms with Crippen molar-refractivity contribution in [1.29, 1.82) is 0 Å². The van der Waals surface area contributed by atoms with Crippen LogP contribution in [0.2, 0.25) is 0 Å². The van der Waals surface area contributed by atoms with Crippen molar-refractivity contribution in [2.45, 2.75) is 32.6 Å². The molecule has 0 saturated carbocycles. The second kappa shape index (κ2) is 8.42. The number of rotatable bonds is 3. The summed E-state index contributed by atoms with van der Waals surface area (Å²) in [5.74, 6) is 0. The summed E-state index contributed by atoms with van der Waals surface area (Å²) in [6.45, 7) is 12.4. The SMILES string of the molecule is CC(C)(C)c1csc(CCN2CCNCC2)n1.Cl.Cl. The topological polar surface area (TPSA) is 28.2 Å². The molecule has 0 bridgehead atoms. The van der Waals surface area contributed by atoms with E-state index in [4.69, 9.17) is 4.98 Å². The maximum atomic E-state index is 4.74. The van der Waals surface area contributed by atoms with Crippen molar-refractivity contribution in [3.8, 4) is 0 Å². The molecule has 1 aromatic heterocycles. The lowest BCUT2D eigenvalue weighted by Crippen LogP contribution is -2.44. The van der Waals surface area contributed by atoms with Gasteiger partial charge in [0.15, 0.2) is 0 Å². The Morgan fingerprint density at radius 1 is 1.26 bits per heavy atom. The molecule has 2 heterocycles. The van der Waals surface area contributed by atoms with E-state index < -0.39 is 0 Å². The molecule has 6 heteroatoms. The molecule has 0 amide bonds. The summed E-state index contributed by atoms with van der Waals surface area (Å²) in [5, 5.41) is 6.88. The Kier molecular flexibility index (Phi) is 8.48. The zero-order chi connectivity index (χ0) is 12.3. The molecule has 0 atom stereocenters. The predicted molar refractivity (Wildman–Crippen MR) is 88.3 cm³/mol. The number of halogens is 2. The summed E-state index contributed by atoms with van der Waals surface area (Å²) < 4.78 is 0. The van der Waals surface area contributed by atoms with Crippen LogP contribution in [0.4, 0.5) is 0 Å². The molecule has 1 aliphatic rings. The molecule has 0 aromatic carbocycles. The minimum Gasteiger partial charge on any atom is -0.314 e. The van der Waals surface area contributed by atoms with Gasteiger partial charge in [0.05, 0.1) is 10.7 Å². The Morgan fingerprint density at radius 3 is 2.42 bits per heavy atom. The summed E-state index contributed by atoms with van der Waals surface area (Å²) in [7, 11) is 0. The van der Waals surface area contributed by atoms with E-state index in [0.29, 0.717) is 0 Å². The first-order chi connectivity index (χ1) is 8.05. The van der Waals surface area contributed by atoms with Crippen molar-refractivity contribution in [1.82, 2.24) is 15.2 Å². The first kappa shape index (κ1) is 19.1. The molecule has 1 N–H and O–H groups in total. The molecular formula is C13H25Cl2N3S. The second-order valence-corrected chi connectivity index (χ2v) is 6.66. The van der Waals surface area contributed by atoms with Crippen molar-refractivity contribution < 1.29 is 0 Å². The fourth-order valence-corrected chi connectivity index (χ4v) is 2.97. The Morgan fingerprint density at radius 2 is 1.89 bits per heavy atom. The Hall–Kier alpha value is 0.130. The van der Waals surface area contributed by atoms with Crippen molar-refractivity contribution in [3.05, 3.63) is 16.1 Å². The maximum absolute atomic E-state index is 4.74. The van der Waals surface area contributed by atoms with Crippen LogP contribution >= 0.6 is 36.2 Å². The third-order valence-electron chi connectivity index (χ3n) is 3.17. The smallest absolute Gasteiger partial charge is 0.0941 e. The van der Waals surface area contributed by atoms with Gasteiger partial charge in [0.2, 0.25) is 0 Å². The van der Waals surface area contributed by atoms with E-state index in [2.05, 4.69) is 36.4 Å². The number of piperazine rings is 1. The molecule has 0 spiro atoms. The summed E-state index contributed by atoms with van der Waals surface area (Å²) in [5.41, 5.74) is 1.42. The van der Waals surface area contributed by atoms with Gasteiger partial charge in [0.1, 0.15) is 0 Å². The van der Waals surface area contributed by atoms with Crippen molar-refractivity contribution >= 4 is 36.2 Å². The van der Waals surface area contributed by atoms with Crippen LogP contribution in [0.3, 0.4) is 0 Å². The minimum absolute atomic E-state index is 0. The van der Waals surface area contributed by atoms with Crippen LogP contribution in [0, 0.1) is 0 Å². The van der Waals surface area contributed by atoms with Gasteiger partial charge in [-0.15, -0.1) is 36.2 Å². The minimum atomic E-state index is 0. The number of hydrogen-bond donors (Lipinski definition) is 1. The molecule has 2 rings (SSSR count). The zero-order valence-electron chi connectivity index (χ0n) is 11.9. The van der Waals surface area contributed by atoms with Crippen LogP contribution in [0.15, 0.2) is 5.38 Å². The van der Waals surface area contributed by atoms with Gasteiger partial charge in [-0.25, -0.2) is 4.98 Å². The van der Waals surface area contributed by atoms with Crippen LogP contribution < -0.4 is 5.32 Å². The molecule has 0 aliphatic carbocycles. The predicted octanol–water partition coefficient (Wildman–Crippen LogP) is 2.73. The highest BCUT2D eigenvalue weighted by atomic mass is 35.5. The van der Waals surface area contributed by atoms with Gasteiger partial charge in [-0.1, -0.05) is 20.8 Å². The van der Waals surface area contributed by atoms with E-state index in [0.717, 1.165) is 26.1 Å². The lowest BCUT2D eigenvalue weighted by molar-refractivity contribution is 0.244. The number of thiazole rings is 1. The molecule has 3 nitrogen and oxygen atoms in total. The van der Waals surface area contributed by atoms with Gasteiger partial charge in [0.25, 0.3) is 0 Å². The highest BCUT2D eigenvalue weighted by Crippen LogP contribution is 2.24. The van der Waals surface area contributed by atoms with E-state index in [-0.39, 0.29) is 30.2 Å². The lowest BCUT2D eigenvalue weighted by Gasteiger charge is -2.26. The van der Waals surface area contributed by atoms with Crippen molar-refractivity contribution in [2.75, 3.05) is 32.7 Å². The highest BCUT2D eigenvalue weighted by Gasteiger charge is 2.17. The molecule has 0 unspecified atom stereocenters. The van der Waals surface area contributed by atoms with Crippen LogP contribution in [-0.4, -0.2) is 42.6 Å². The quantitative estimate of drug-likeness (QED) is 0.926. The molecular weight excluding hydrogens is 301 g/mol. The van der Waals surface area contributed by atoms with E-state index in [1.807, 2.05) is 11.3 Å². The first-order valence-corrected chi connectivity index (χ1v) is 7.31. The zero-order valence-corrected chi connectivity index (χ0v) is 14.4. The average molecular weight is 326 g/mol. The van der Waals surface area contributed by atoms with Crippen LogP contribution in [0.1, 0.15) is 31.5 Å². The van der Waals surface area contributed by atoms with Crippen molar-refractivity contribution in [3.63, 3.8) is 0 Å². The Balaban J connectivity index is 0.00000162. The number of nitrogens with zero attached hydrogens (tertiary/aromatic N) is 2. The normalized spacial score (nSPS) is 16.6. The van der Waals surface area contributed by atoms with Crippen LogP contribution in [0.25, 0.3) is 0 Å². The van der Waals surface area contributed by atoms with Gasteiger partial charge in [-0.3, -0.25) is 0 Å². The Bertz CT molecular complexity index is 357. The van der Waals surface area contributed by atoms with Crippen LogP contribution in [0.5, 0.6) is 0 Å². The fraction of sp³-hybridized carbons (Fsp3) is 0.769. The maximum Gasteiger partial charge on any atom is 0.0941 e. The molecule has 112 valence electrons. The molecule has 1 aromatic rings. The third kappa shape index (κ3) is 5.96. The molecule has 1 fully saturated rings. The van der Waals surface area contributed by atoms with E-state index in [1.165, 1.54) is 23.8 Å². The summed E-state index contributed by atoms with van der Waals surface area (Å²) in [6, 6.07) is 0. The fourth-order valence-electron chi connectivity index (χ4n) is 1.96. The first-order valence-electron chi connectivity index (χ1n) is 6.44. The largest absolute Gasteiger partial charge is 0.314 e. The summed E-state index contributed by atoms with van der Waals surface area (Å²) >= 11 is 1.81. The third-order valence-corrected chi connectivity index (χ3v) is 4.08. The lowest BCUT2D eigenvalue weighted by atomic mass is 9.93. The van der Waals surface area contributed by atoms with Gasteiger partial charge in [0, 0.05) is 49.9 Å². The second-order valence-electron chi connectivity index (χ2n) is 5.72. The molecule has 1 aliphatic heterocycles. The van der Waals surface area contributed by atoms with Crippen LogP contribution in [-0.2, 0) is 11.8 Å². The summed E-state index contributed by atoms with van der Waals surface area (Å²) in [4.78, 5) is 7.26.